The summed E-state index contributed by atoms with van der Waals surface area (Å²) in [4.78, 5) is 40.1. The first kappa shape index (κ1) is 25.3. The number of carboxylic acid groups (broad SMARTS) is 1. The molecule has 1 saturated heterocycles. The first-order valence-electron chi connectivity index (χ1n) is 12.1. The van der Waals surface area contributed by atoms with Gasteiger partial charge in [0.25, 0.3) is 5.24 Å². The lowest BCUT2D eigenvalue weighted by atomic mass is 9.75. The summed E-state index contributed by atoms with van der Waals surface area (Å²) in [6, 6.07) is 35.9. The second-order valence-corrected chi connectivity index (χ2v) is 10.0. The van der Waals surface area contributed by atoms with E-state index in [0.29, 0.717) is 12.2 Å². The quantitative estimate of drug-likeness (QED) is 0.281. The molecule has 1 fully saturated rings. The summed E-state index contributed by atoms with van der Waals surface area (Å²) in [5.74, 6) is -0.891. The minimum Gasteiger partial charge on any atom is -0.482 e. The van der Waals surface area contributed by atoms with E-state index in [0.717, 1.165) is 34.0 Å². The molecule has 1 aliphatic rings. The van der Waals surface area contributed by atoms with E-state index in [-0.39, 0.29) is 11.1 Å². The van der Waals surface area contributed by atoms with E-state index in [4.69, 9.17) is 9.84 Å². The average molecular weight is 524 g/mol. The third-order valence-corrected chi connectivity index (χ3v) is 7.58. The van der Waals surface area contributed by atoms with Crippen molar-refractivity contribution in [3.8, 4) is 5.75 Å². The van der Waals surface area contributed by atoms with E-state index in [1.165, 1.54) is 4.90 Å². The molecule has 1 heterocycles. The Labute approximate surface area is 224 Å². The maximum Gasteiger partial charge on any atom is 0.341 e. The van der Waals surface area contributed by atoms with Gasteiger partial charge < -0.3 is 9.84 Å². The molecule has 7 heteroatoms. The van der Waals surface area contributed by atoms with Gasteiger partial charge >= 0.3 is 5.97 Å². The predicted molar refractivity (Wildman–Crippen MR) is 146 cm³/mol. The number of aliphatic carboxylic acids is 1. The summed E-state index contributed by atoms with van der Waals surface area (Å²) in [6.45, 7) is -0.430. The van der Waals surface area contributed by atoms with Gasteiger partial charge in [0.1, 0.15) is 11.3 Å². The first-order valence-corrected chi connectivity index (χ1v) is 13.0. The van der Waals surface area contributed by atoms with Crippen LogP contribution in [0.5, 0.6) is 5.75 Å². The van der Waals surface area contributed by atoms with Crippen molar-refractivity contribution in [2.45, 2.75) is 17.2 Å². The number of imide groups is 1. The van der Waals surface area contributed by atoms with Crippen molar-refractivity contribution < 1.29 is 24.2 Å². The molecule has 190 valence electrons. The molecule has 38 heavy (non-hydrogen) atoms. The molecule has 0 saturated carbocycles. The maximum atomic E-state index is 14.1. The van der Waals surface area contributed by atoms with Crippen LogP contribution in [0, 0.1) is 0 Å². The average Bonchev–Trinajstić information content (AvgIpc) is 3.23. The SMILES string of the molecule is O=C(O)COc1ccc(CC2SC(=O)N(C(c3ccccc3)(c3ccccc3)c3ccccc3)C2=O)cc1. The van der Waals surface area contributed by atoms with E-state index >= 15 is 0 Å². The molecule has 2 amide bonds. The van der Waals surface area contributed by atoms with Crippen LogP contribution < -0.4 is 4.74 Å². The van der Waals surface area contributed by atoms with E-state index < -0.39 is 23.4 Å². The minimum absolute atomic E-state index is 0.261. The monoisotopic (exact) mass is 523 g/mol. The molecule has 1 atom stereocenters. The Kier molecular flexibility index (Phi) is 7.29. The fourth-order valence-electron chi connectivity index (χ4n) is 4.90. The number of carboxylic acids is 1. The molecule has 1 N–H and O–H groups in total. The van der Waals surface area contributed by atoms with Crippen molar-refractivity contribution in [1.29, 1.82) is 0 Å². The van der Waals surface area contributed by atoms with Crippen LogP contribution in [0.4, 0.5) is 4.79 Å². The van der Waals surface area contributed by atoms with Gasteiger partial charge in [0.15, 0.2) is 6.61 Å². The first-order chi connectivity index (χ1) is 18.5. The van der Waals surface area contributed by atoms with Crippen molar-refractivity contribution in [3.05, 3.63) is 138 Å². The Morgan fingerprint density at radius 1 is 0.763 bits per heavy atom. The summed E-state index contributed by atoms with van der Waals surface area (Å²) in [5, 5.41) is 7.89. The van der Waals surface area contributed by atoms with Crippen molar-refractivity contribution in [2.24, 2.45) is 0 Å². The summed E-state index contributed by atoms with van der Waals surface area (Å²) in [7, 11) is 0. The summed E-state index contributed by atoms with van der Waals surface area (Å²) < 4.78 is 5.21. The number of amides is 2. The van der Waals surface area contributed by atoms with Crippen LogP contribution in [-0.4, -0.2) is 39.0 Å². The second-order valence-electron chi connectivity index (χ2n) is 8.89. The lowest BCUT2D eigenvalue weighted by molar-refractivity contribution is -0.139. The molecule has 4 aromatic rings. The Balaban J connectivity index is 1.55. The number of benzene rings is 4. The Hall–Kier alpha value is -4.36. The van der Waals surface area contributed by atoms with Crippen molar-refractivity contribution >= 4 is 28.9 Å². The molecular formula is C31H25NO5S. The molecule has 0 aromatic heterocycles. The zero-order valence-electron chi connectivity index (χ0n) is 20.4. The highest BCUT2D eigenvalue weighted by molar-refractivity contribution is 8.15. The standard InChI is InChI=1S/C31H25NO5S/c33-28(34)21-37-26-18-16-22(17-19-26)20-27-29(35)32(30(36)38-27)31(23-10-4-1-5-11-23,24-12-6-2-7-13-24)25-14-8-3-9-15-25/h1-19,27H,20-21H2,(H,33,34). The molecule has 1 unspecified atom stereocenters. The third kappa shape index (κ3) is 4.80. The Morgan fingerprint density at radius 3 is 1.68 bits per heavy atom. The fraction of sp³-hybridized carbons (Fsp3) is 0.129. The van der Waals surface area contributed by atoms with Crippen LogP contribution in [0.1, 0.15) is 22.3 Å². The van der Waals surface area contributed by atoms with E-state index in [1.54, 1.807) is 24.3 Å². The van der Waals surface area contributed by atoms with E-state index in [9.17, 15) is 14.4 Å². The summed E-state index contributed by atoms with van der Waals surface area (Å²) in [6.07, 6.45) is 0.347. The number of thioether (sulfide) groups is 1. The van der Waals surface area contributed by atoms with Gasteiger partial charge in [0.2, 0.25) is 5.91 Å². The van der Waals surface area contributed by atoms with Gasteiger partial charge in [-0.15, -0.1) is 0 Å². The molecule has 0 bridgehead atoms. The molecule has 1 aliphatic heterocycles. The zero-order valence-corrected chi connectivity index (χ0v) is 21.2. The van der Waals surface area contributed by atoms with Gasteiger partial charge in [-0.2, -0.15) is 0 Å². The van der Waals surface area contributed by atoms with Crippen LogP contribution in [0.2, 0.25) is 0 Å². The van der Waals surface area contributed by atoms with Crippen molar-refractivity contribution in [2.75, 3.05) is 6.61 Å². The highest BCUT2D eigenvalue weighted by Gasteiger charge is 2.53. The number of hydrogen-bond donors (Lipinski definition) is 1. The van der Waals surface area contributed by atoms with Gasteiger partial charge in [-0.3, -0.25) is 14.5 Å². The number of carbonyl (C=O) groups excluding carboxylic acids is 2. The van der Waals surface area contributed by atoms with Gasteiger partial charge in [-0.25, -0.2) is 4.79 Å². The smallest absolute Gasteiger partial charge is 0.341 e. The molecule has 0 aliphatic carbocycles. The van der Waals surface area contributed by atoms with Crippen LogP contribution in [0.3, 0.4) is 0 Å². The van der Waals surface area contributed by atoms with Crippen LogP contribution in [-0.2, 0) is 21.5 Å². The Morgan fingerprint density at radius 2 is 1.24 bits per heavy atom. The topological polar surface area (TPSA) is 83.9 Å². The third-order valence-electron chi connectivity index (χ3n) is 6.54. The zero-order chi connectivity index (χ0) is 26.5. The van der Waals surface area contributed by atoms with Crippen LogP contribution in [0.25, 0.3) is 0 Å². The minimum atomic E-state index is -1.14. The maximum absolute atomic E-state index is 14.1. The van der Waals surface area contributed by atoms with Gasteiger partial charge in [0, 0.05) is 0 Å². The van der Waals surface area contributed by atoms with Gasteiger partial charge in [0.05, 0.1) is 5.25 Å². The van der Waals surface area contributed by atoms with Crippen LogP contribution >= 0.6 is 11.8 Å². The number of carbonyl (C=O) groups is 3. The number of hydrogen-bond acceptors (Lipinski definition) is 5. The summed E-state index contributed by atoms with van der Waals surface area (Å²) in [5.41, 5.74) is 2.16. The lowest BCUT2D eigenvalue weighted by Gasteiger charge is -2.42. The molecule has 4 aromatic carbocycles. The normalized spacial score (nSPS) is 15.5. The number of rotatable bonds is 9. The highest BCUT2D eigenvalue weighted by Crippen LogP contribution is 2.47. The number of ether oxygens (including phenoxy) is 1. The van der Waals surface area contributed by atoms with E-state index in [1.807, 2.05) is 91.0 Å². The fourth-order valence-corrected chi connectivity index (χ4v) is 5.95. The van der Waals surface area contributed by atoms with Crippen LogP contribution in [0.15, 0.2) is 115 Å². The Bertz CT molecular complexity index is 1330. The highest BCUT2D eigenvalue weighted by atomic mass is 32.2. The predicted octanol–water partition coefficient (Wildman–Crippen LogP) is 5.75. The summed E-state index contributed by atoms with van der Waals surface area (Å²) >= 11 is 1.03. The molecule has 6 nitrogen and oxygen atoms in total. The lowest BCUT2D eigenvalue weighted by Crippen LogP contribution is -2.51. The van der Waals surface area contributed by atoms with E-state index in [2.05, 4.69) is 0 Å². The second kappa shape index (κ2) is 10.9. The molecular weight excluding hydrogens is 498 g/mol. The largest absolute Gasteiger partial charge is 0.482 e. The van der Waals surface area contributed by atoms with Gasteiger partial charge in [-0.1, -0.05) is 115 Å². The number of nitrogens with zero attached hydrogens (tertiary/aromatic N) is 1. The van der Waals surface area contributed by atoms with Crippen molar-refractivity contribution in [1.82, 2.24) is 4.90 Å². The van der Waals surface area contributed by atoms with Crippen molar-refractivity contribution in [3.63, 3.8) is 0 Å². The molecule has 5 rings (SSSR count). The molecule has 0 radical (unpaired) electrons. The van der Waals surface area contributed by atoms with Gasteiger partial charge in [-0.05, 0) is 40.8 Å². The molecule has 0 spiro atoms.